The number of carbonyl (C=O) groups excluding carboxylic acids is 1. The first kappa shape index (κ1) is 40.2. The van der Waals surface area contributed by atoms with Gasteiger partial charge >= 0.3 is 5.97 Å². The standard InChI is InChI=1S/C48H46Cl4N4O2/c1-53(2)35-17-9-31(10-18-35)39(33-13-21-37(22-14-33)55-25-5-6-26-55)29-48(42-41(47(57)58-48)43(49)45(51)46(52)44(42)50)30-40(32-11-19-36(20-12-32)54(3)4)34-15-23-38(24-16-34)56-27-7-8-28-56/h9-24,29-30H,5-8,25-28H2,1-4H3. The van der Waals surface area contributed by atoms with Gasteiger partial charge in [0.1, 0.15) is 0 Å². The molecule has 0 aliphatic carbocycles. The van der Waals surface area contributed by atoms with Gasteiger partial charge in [0.25, 0.3) is 0 Å². The summed E-state index contributed by atoms with van der Waals surface area (Å²) in [6, 6.07) is 33.9. The minimum Gasteiger partial charge on any atom is -0.442 e. The SMILES string of the molecule is CN(C)c1ccc(C(=CC2(C=C(c3ccc(N(C)C)cc3)c3ccc(N4CCCC4)cc3)OC(=O)c3c(Cl)c(Cl)c(Cl)c(Cl)c32)c2ccc(N3CCCC3)cc2)cc1. The summed E-state index contributed by atoms with van der Waals surface area (Å²) >= 11 is 27.6. The monoisotopic (exact) mass is 850 g/mol. The fourth-order valence-corrected chi connectivity index (χ4v) is 9.40. The molecule has 10 heteroatoms. The van der Waals surface area contributed by atoms with E-state index in [-0.39, 0.29) is 25.7 Å². The molecule has 3 heterocycles. The molecule has 8 rings (SSSR count). The number of carbonyl (C=O) groups is 1. The zero-order valence-electron chi connectivity index (χ0n) is 33.2. The van der Waals surface area contributed by atoms with Gasteiger partial charge in [0.15, 0.2) is 5.60 Å². The van der Waals surface area contributed by atoms with E-state index in [0.29, 0.717) is 5.56 Å². The molecule has 0 atom stereocenters. The number of anilines is 4. The largest absolute Gasteiger partial charge is 0.442 e. The Bertz CT molecular complexity index is 2250. The van der Waals surface area contributed by atoms with Crippen molar-refractivity contribution in [2.24, 2.45) is 0 Å². The zero-order valence-corrected chi connectivity index (χ0v) is 36.2. The summed E-state index contributed by atoms with van der Waals surface area (Å²) < 4.78 is 6.66. The van der Waals surface area contributed by atoms with Crippen molar-refractivity contribution in [2.75, 3.05) is 74.0 Å². The second-order valence-corrected chi connectivity index (χ2v) is 17.2. The third-order valence-electron chi connectivity index (χ3n) is 11.5. The lowest BCUT2D eigenvalue weighted by Crippen LogP contribution is -2.23. The molecule has 0 amide bonds. The number of hydrogen-bond donors (Lipinski definition) is 0. The van der Waals surface area contributed by atoms with Crippen molar-refractivity contribution in [3.8, 4) is 0 Å². The first-order valence-corrected chi connectivity index (χ1v) is 21.3. The fraction of sp³-hybridized carbons (Fsp3) is 0.271. The summed E-state index contributed by atoms with van der Waals surface area (Å²) in [5.74, 6) is -0.647. The average Bonchev–Trinajstić information content (AvgIpc) is 4.03. The van der Waals surface area contributed by atoms with Gasteiger partial charge in [0.2, 0.25) is 0 Å². The molecule has 0 unspecified atom stereocenters. The predicted molar refractivity (Wildman–Crippen MR) is 245 cm³/mol. The van der Waals surface area contributed by atoms with Crippen LogP contribution in [0.2, 0.25) is 20.1 Å². The Balaban J connectivity index is 1.41. The van der Waals surface area contributed by atoms with Crippen molar-refractivity contribution in [2.45, 2.75) is 31.3 Å². The summed E-state index contributed by atoms with van der Waals surface area (Å²) in [5, 5.41) is 0.151. The van der Waals surface area contributed by atoms with Crippen LogP contribution >= 0.6 is 46.4 Å². The van der Waals surface area contributed by atoms with E-state index in [9.17, 15) is 4.79 Å². The molecule has 6 nitrogen and oxygen atoms in total. The van der Waals surface area contributed by atoms with Crippen LogP contribution in [0.1, 0.15) is 63.9 Å². The maximum atomic E-state index is 14.3. The molecule has 0 bridgehead atoms. The molecule has 0 spiro atoms. The minimum atomic E-state index is -1.59. The summed E-state index contributed by atoms with van der Waals surface area (Å²) in [7, 11) is 8.07. The molecule has 0 radical (unpaired) electrons. The molecular weight excluding hydrogens is 806 g/mol. The number of cyclic esters (lactones) is 1. The molecular formula is C48H46Cl4N4O2. The van der Waals surface area contributed by atoms with Gasteiger partial charge in [-0.2, -0.15) is 0 Å². The number of halogens is 4. The van der Waals surface area contributed by atoms with Gasteiger partial charge in [-0.25, -0.2) is 4.79 Å². The number of hydrogen-bond acceptors (Lipinski definition) is 6. The molecule has 2 fully saturated rings. The fourth-order valence-electron chi connectivity index (χ4n) is 8.32. The van der Waals surface area contributed by atoms with E-state index in [2.05, 4.69) is 117 Å². The van der Waals surface area contributed by atoms with Gasteiger partial charge < -0.3 is 24.3 Å². The van der Waals surface area contributed by atoms with Crippen LogP contribution in [0.3, 0.4) is 0 Å². The maximum Gasteiger partial charge on any atom is 0.341 e. The van der Waals surface area contributed by atoms with Gasteiger partial charge in [-0.05, 0) is 120 Å². The number of esters is 1. The molecule has 0 aromatic heterocycles. The van der Waals surface area contributed by atoms with Gasteiger partial charge in [-0.1, -0.05) is 94.9 Å². The van der Waals surface area contributed by atoms with Gasteiger partial charge in [0, 0.05) is 82.7 Å². The Hall–Kier alpha value is -4.59. The molecule has 298 valence electrons. The normalized spacial score (nSPS) is 18.2. The van der Waals surface area contributed by atoms with Crippen molar-refractivity contribution >= 4 is 86.3 Å². The van der Waals surface area contributed by atoms with Crippen molar-refractivity contribution in [3.05, 3.63) is 163 Å². The Morgan fingerprint density at radius 2 is 0.879 bits per heavy atom. The molecule has 2 saturated heterocycles. The van der Waals surface area contributed by atoms with Gasteiger partial charge in [-0.3, -0.25) is 0 Å². The summed E-state index contributed by atoms with van der Waals surface area (Å²) in [5.41, 5.74) is 8.68. The molecule has 5 aromatic carbocycles. The van der Waals surface area contributed by atoms with E-state index in [4.69, 9.17) is 51.1 Å². The third kappa shape index (κ3) is 7.68. The molecule has 3 aliphatic heterocycles. The first-order chi connectivity index (χ1) is 27.9. The van der Waals surface area contributed by atoms with E-state index in [1.165, 1.54) is 37.1 Å². The molecule has 0 saturated carbocycles. The first-order valence-electron chi connectivity index (χ1n) is 19.8. The van der Waals surface area contributed by atoms with Crippen LogP contribution in [0.15, 0.2) is 109 Å². The summed E-state index contributed by atoms with van der Waals surface area (Å²) in [4.78, 5) is 23.3. The lowest BCUT2D eigenvalue weighted by molar-refractivity contribution is 0.0300. The van der Waals surface area contributed by atoms with E-state index >= 15 is 0 Å². The van der Waals surface area contributed by atoms with E-state index in [1.54, 1.807) is 0 Å². The number of fused-ring (bicyclic) bond motifs is 1. The second-order valence-electron chi connectivity index (χ2n) is 15.7. The van der Waals surface area contributed by atoms with E-state index < -0.39 is 11.6 Å². The lowest BCUT2D eigenvalue weighted by atomic mass is 9.83. The Kier molecular flexibility index (Phi) is 11.5. The van der Waals surface area contributed by atoms with Crippen molar-refractivity contribution in [3.63, 3.8) is 0 Å². The Morgan fingerprint density at radius 3 is 1.24 bits per heavy atom. The summed E-state index contributed by atoms with van der Waals surface area (Å²) in [6.45, 7) is 4.15. The predicted octanol–water partition coefficient (Wildman–Crippen LogP) is 12.3. The number of benzene rings is 5. The van der Waals surface area contributed by atoms with Crippen LogP contribution in [-0.4, -0.2) is 60.3 Å². The topological polar surface area (TPSA) is 39.3 Å². The molecule has 3 aliphatic rings. The quantitative estimate of drug-likeness (QED) is 0.0792. The number of nitrogens with zero attached hydrogens (tertiary/aromatic N) is 4. The van der Waals surface area contributed by atoms with Crippen LogP contribution in [0, 0.1) is 0 Å². The lowest BCUT2D eigenvalue weighted by Gasteiger charge is -2.28. The third-order valence-corrected chi connectivity index (χ3v) is 13.3. The van der Waals surface area contributed by atoms with Gasteiger partial charge in [0.05, 0.1) is 25.7 Å². The Morgan fingerprint density at radius 1 is 0.534 bits per heavy atom. The van der Waals surface area contributed by atoms with Crippen LogP contribution in [0.4, 0.5) is 22.7 Å². The molecule has 5 aromatic rings. The van der Waals surface area contributed by atoms with E-state index in [1.807, 2.05) is 40.3 Å². The maximum absolute atomic E-state index is 14.3. The highest BCUT2D eigenvalue weighted by atomic mass is 35.5. The second kappa shape index (κ2) is 16.6. The highest BCUT2D eigenvalue weighted by Gasteiger charge is 2.48. The van der Waals surface area contributed by atoms with Crippen molar-refractivity contribution in [1.82, 2.24) is 0 Å². The Labute approximate surface area is 361 Å². The molecule has 0 N–H and O–H groups in total. The van der Waals surface area contributed by atoms with Crippen molar-refractivity contribution < 1.29 is 9.53 Å². The zero-order chi connectivity index (χ0) is 40.7. The van der Waals surface area contributed by atoms with Crippen LogP contribution < -0.4 is 19.6 Å². The minimum absolute atomic E-state index is 0.00144. The summed E-state index contributed by atoms with van der Waals surface area (Å²) in [6.07, 6.45) is 8.71. The van der Waals surface area contributed by atoms with Crippen LogP contribution in [-0.2, 0) is 10.3 Å². The van der Waals surface area contributed by atoms with Crippen molar-refractivity contribution in [1.29, 1.82) is 0 Å². The smallest absolute Gasteiger partial charge is 0.341 e. The van der Waals surface area contributed by atoms with E-state index in [0.717, 1.165) is 71.0 Å². The number of ether oxygens (including phenoxy) is 1. The highest BCUT2D eigenvalue weighted by Crippen LogP contribution is 2.53. The van der Waals surface area contributed by atoms with Crippen LogP contribution in [0.5, 0.6) is 0 Å². The highest BCUT2D eigenvalue weighted by molar-refractivity contribution is 6.53. The van der Waals surface area contributed by atoms with Gasteiger partial charge in [-0.15, -0.1) is 0 Å². The molecule has 58 heavy (non-hydrogen) atoms. The number of rotatable bonds is 10. The average molecular weight is 853 g/mol. The van der Waals surface area contributed by atoms with Crippen LogP contribution in [0.25, 0.3) is 11.1 Å².